The molecule has 0 bridgehead atoms. The number of hydrogen-bond acceptors (Lipinski definition) is 3. The van der Waals surface area contributed by atoms with Crippen molar-refractivity contribution >= 4 is 25.7 Å². The molecule has 0 atom stereocenters. The van der Waals surface area contributed by atoms with E-state index in [1.807, 2.05) is 0 Å². The largest absolute Gasteiger partial charge is 0.546 e. The summed E-state index contributed by atoms with van der Waals surface area (Å²) in [7, 11) is -1.23. The lowest BCUT2D eigenvalue weighted by Crippen LogP contribution is -2.18. The van der Waals surface area contributed by atoms with Crippen LogP contribution >= 0.6 is 0 Å². The van der Waals surface area contributed by atoms with Gasteiger partial charge in [0.2, 0.25) is 14.9 Å². The molecule has 0 aliphatic carbocycles. The quantitative estimate of drug-likeness (QED) is 0.429. The van der Waals surface area contributed by atoms with Crippen LogP contribution < -0.4 is 4.43 Å². The van der Waals surface area contributed by atoms with Crippen LogP contribution in [0.15, 0.2) is 59.6 Å². The Morgan fingerprint density at radius 2 is 1.55 bits per heavy atom. The number of ether oxygens (including phenoxy) is 1. The summed E-state index contributed by atoms with van der Waals surface area (Å²) in [5.41, 5.74) is 4.59. The van der Waals surface area contributed by atoms with Crippen molar-refractivity contribution in [2.45, 2.75) is 58.7 Å². The number of nitrogens with zero attached hydrogens (tertiary/aromatic N) is 1. The van der Waals surface area contributed by atoms with Crippen molar-refractivity contribution in [1.82, 2.24) is 0 Å². The molecule has 0 amide bonds. The Hall–Kier alpha value is -2.59. The van der Waals surface area contributed by atoms with E-state index in [0.717, 1.165) is 17.2 Å². The predicted molar refractivity (Wildman–Crippen MR) is 134 cm³/mol. The molecule has 0 aromatic heterocycles. The van der Waals surface area contributed by atoms with Crippen LogP contribution in [-0.2, 0) is 10.2 Å². The maximum absolute atomic E-state index is 6.43. The third-order valence-corrected chi connectivity index (χ3v) is 6.27. The second-order valence-electron chi connectivity index (χ2n) is 10.4. The Bertz CT molecular complexity index is 1140. The van der Waals surface area contributed by atoms with Crippen LogP contribution in [0, 0.1) is 0 Å². The second-order valence-corrected chi connectivity index (χ2v) is 12.7. The monoisotopic (exact) mass is 431 g/mol. The van der Waals surface area contributed by atoms with Crippen LogP contribution in [0.4, 0.5) is 0 Å². The van der Waals surface area contributed by atoms with E-state index in [1.54, 1.807) is 0 Å². The van der Waals surface area contributed by atoms with Gasteiger partial charge in [0.1, 0.15) is 12.4 Å². The third-order valence-electron chi connectivity index (χ3n) is 5.56. The Labute approximate surface area is 187 Å². The zero-order valence-electron chi connectivity index (χ0n) is 19.7. The Balaban J connectivity index is 1.71. The summed E-state index contributed by atoms with van der Waals surface area (Å²) in [4.78, 5) is 4.68. The molecule has 0 radical (unpaired) electrons. The van der Waals surface area contributed by atoms with E-state index in [9.17, 15) is 0 Å². The minimum absolute atomic E-state index is 0.0426. The van der Waals surface area contributed by atoms with Gasteiger partial charge in [-0.25, -0.2) is 4.99 Å². The van der Waals surface area contributed by atoms with Gasteiger partial charge in [-0.1, -0.05) is 57.2 Å². The lowest BCUT2D eigenvalue weighted by molar-refractivity contribution is 0.279. The van der Waals surface area contributed by atoms with Crippen molar-refractivity contribution in [3.63, 3.8) is 0 Å². The van der Waals surface area contributed by atoms with Crippen LogP contribution in [-0.4, -0.2) is 27.1 Å². The van der Waals surface area contributed by atoms with Crippen molar-refractivity contribution in [3.05, 3.63) is 65.7 Å². The van der Waals surface area contributed by atoms with Crippen LogP contribution in [0.25, 0.3) is 21.9 Å². The molecule has 0 fully saturated rings. The van der Waals surface area contributed by atoms with E-state index >= 15 is 0 Å². The first-order chi connectivity index (χ1) is 14.5. The van der Waals surface area contributed by atoms with Gasteiger partial charge in [0.05, 0.1) is 5.54 Å². The number of rotatable bonds is 4. The van der Waals surface area contributed by atoms with Gasteiger partial charge < -0.3 is 9.16 Å². The van der Waals surface area contributed by atoms with Gasteiger partial charge >= 0.3 is 0 Å². The Morgan fingerprint density at radius 1 is 0.903 bits per heavy atom. The van der Waals surface area contributed by atoms with Gasteiger partial charge in [-0.15, -0.1) is 0 Å². The third kappa shape index (κ3) is 4.54. The first-order valence-corrected chi connectivity index (χ1v) is 13.9. The van der Waals surface area contributed by atoms with E-state index in [0.29, 0.717) is 6.61 Å². The summed E-state index contributed by atoms with van der Waals surface area (Å²) < 4.78 is 12.2. The van der Waals surface area contributed by atoms with Crippen molar-refractivity contribution in [2.75, 3.05) is 6.61 Å². The maximum atomic E-state index is 6.43. The van der Waals surface area contributed by atoms with Crippen LogP contribution in [0.2, 0.25) is 13.1 Å². The van der Waals surface area contributed by atoms with Gasteiger partial charge in [0, 0.05) is 10.9 Å². The molecule has 0 saturated heterocycles. The number of benzene rings is 3. The van der Waals surface area contributed by atoms with Crippen LogP contribution in [0.1, 0.15) is 45.7 Å². The lowest BCUT2D eigenvalue weighted by atomic mass is 9.84. The highest BCUT2D eigenvalue weighted by atomic mass is 28.3. The zero-order valence-corrected chi connectivity index (χ0v) is 20.9. The highest BCUT2D eigenvalue weighted by molar-refractivity contribution is 6.49. The fraction of sp³-hybridized carbons (Fsp3) is 0.370. The van der Waals surface area contributed by atoms with Crippen molar-refractivity contribution in [2.24, 2.45) is 4.99 Å². The van der Waals surface area contributed by atoms with Crippen LogP contribution in [0.5, 0.6) is 5.75 Å². The Morgan fingerprint density at radius 3 is 2.13 bits per heavy atom. The van der Waals surface area contributed by atoms with Crippen molar-refractivity contribution in [1.29, 1.82) is 0 Å². The van der Waals surface area contributed by atoms with E-state index < -0.39 is 9.04 Å². The number of hydrogen-bond donors (Lipinski definition) is 0. The molecular formula is C27H33NO2Si. The molecule has 0 saturated carbocycles. The van der Waals surface area contributed by atoms with Crippen molar-refractivity contribution < 1.29 is 9.16 Å². The predicted octanol–water partition coefficient (Wildman–Crippen LogP) is 6.72. The average Bonchev–Trinajstić information content (AvgIpc) is 3.06. The highest BCUT2D eigenvalue weighted by Gasteiger charge is 2.27. The van der Waals surface area contributed by atoms with E-state index in [-0.39, 0.29) is 11.0 Å². The molecule has 1 aliphatic heterocycles. The minimum Gasteiger partial charge on any atom is -0.546 e. The topological polar surface area (TPSA) is 30.8 Å². The van der Waals surface area contributed by atoms with Gasteiger partial charge in [0.25, 0.3) is 0 Å². The summed E-state index contributed by atoms with van der Waals surface area (Å²) >= 11 is 0. The molecule has 1 aliphatic rings. The molecule has 4 rings (SSSR count). The molecular weight excluding hydrogens is 398 g/mol. The van der Waals surface area contributed by atoms with Gasteiger partial charge in [-0.2, -0.15) is 0 Å². The molecule has 3 aromatic carbocycles. The fourth-order valence-electron chi connectivity index (χ4n) is 3.97. The Kier molecular flexibility index (Phi) is 5.46. The summed E-state index contributed by atoms with van der Waals surface area (Å²) in [6.45, 7) is 16.0. The number of fused-ring (bicyclic) bond motifs is 1. The van der Waals surface area contributed by atoms with E-state index in [4.69, 9.17) is 9.16 Å². The summed E-state index contributed by atoms with van der Waals surface area (Å²) in [6, 6.07) is 19.6. The standard InChI is InChI=1S/C27H33NO2Si/c1-26(2,3)23-15-13-21-16-20(12-14-22(21)24(23)30-31(6)7)18-8-10-19(11-9-18)25-28-27(4,5)17-29-25/h8-16,31H,17H2,1-7H3. The minimum atomic E-state index is -1.23. The molecule has 3 aromatic rings. The molecule has 0 N–H and O–H groups in total. The van der Waals surface area contributed by atoms with E-state index in [1.165, 1.54) is 27.5 Å². The lowest BCUT2D eigenvalue weighted by Gasteiger charge is -2.26. The second kappa shape index (κ2) is 7.83. The molecule has 4 heteroatoms. The van der Waals surface area contributed by atoms with Gasteiger partial charge in [-0.05, 0) is 72.6 Å². The molecule has 3 nitrogen and oxygen atoms in total. The molecule has 31 heavy (non-hydrogen) atoms. The summed E-state index contributed by atoms with van der Waals surface area (Å²) in [5.74, 6) is 1.80. The summed E-state index contributed by atoms with van der Waals surface area (Å²) in [5, 5.41) is 2.41. The molecule has 0 unspecified atom stereocenters. The van der Waals surface area contributed by atoms with E-state index in [2.05, 4.69) is 107 Å². The smallest absolute Gasteiger partial charge is 0.229 e. The molecule has 1 heterocycles. The highest BCUT2D eigenvalue weighted by Crippen LogP contribution is 2.39. The van der Waals surface area contributed by atoms with Crippen LogP contribution in [0.3, 0.4) is 0 Å². The summed E-state index contributed by atoms with van der Waals surface area (Å²) in [6.07, 6.45) is 0. The van der Waals surface area contributed by atoms with Gasteiger partial charge in [-0.3, -0.25) is 0 Å². The normalized spacial score (nSPS) is 15.8. The van der Waals surface area contributed by atoms with Crippen molar-refractivity contribution in [3.8, 4) is 16.9 Å². The first kappa shape index (κ1) is 21.6. The average molecular weight is 432 g/mol. The molecule has 162 valence electrons. The first-order valence-electron chi connectivity index (χ1n) is 11.1. The van der Waals surface area contributed by atoms with Gasteiger partial charge in [0.15, 0.2) is 0 Å². The zero-order chi connectivity index (χ0) is 22.4. The maximum Gasteiger partial charge on any atom is 0.229 e. The number of aliphatic imine (C=N–C) groups is 1. The fourth-order valence-corrected chi connectivity index (χ4v) is 4.70. The SMILES string of the molecule is C[SiH](C)Oc1c(C(C)(C)C)ccc2cc(-c3ccc(C4=NC(C)(C)CO4)cc3)ccc12. The molecule has 0 spiro atoms.